The summed E-state index contributed by atoms with van der Waals surface area (Å²) >= 11 is 0. The molecule has 1 aromatic rings. The van der Waals surface area contributed by atoms with E-state index < -0.39 is 17.1 Å². The second-order valence-electron chi connectivity index (χ2n) is 6.74. The van der Waals surface area contributed by atoms with Gasteiger partial charge in [-0.25, -0.2) is 4.79 Å². The van der Waals surface area contributed by atoms with Gasteiger partial charge in [0.1, 0.15) is 11.4 Å². The lowest BCUT2D eigenvalue weighted by Gasteiger charge is -2.34. The van der Waals surface area contributed by atoms with Gasteiger partial charge in [-0.1, -0.05) is 12.1 Å². The van der Waals surface area contributed by atoms with Gasteiger partial charge in [0.25, 0.3) is 0 Å². The van der Waals surface area contributed by atoms with Gasteiger partial charge in [0.2, 0.25) is 0 Å². The van der Waals surface area contributed by atoms with E-state index in [0.717, 1.165) is 11.1 Å². The fourth-order valence-corrected chi connectivity index (χ4v) is 2.48. The third-order valence-corrected chi connectivity index (χ3v) is 3.63. The van der Waals surface area contributed by atoms with Crippen LogP contribution >= 0.6 is 0 Å². The van der Waals surface area contributed by atoms with Crippen LogP contribution < -0.4 is 5.32 Å². The number of nitrogens with zero attached hydrogens (tertiary/aromatic N) is 1. The van der Waals surface area contributed by atoms with Crippen molar-refractivity contribution in [1.29, 1.82) is 5.26 Å². The molecule has 0 radical (unpaired) electrons. The number of nitrogens with one attached hydrogen (secondary N) is 1. The number of amides is 1. The van der Waals surface area contributed by atoms with Gasteiger partial charge in [0.15, 0.2) is 0 Å². The molecule has 5 nitrogen and oxygen atoms in total. The summed E-state index contributed by atoms with van der Waals surface area (Å²) < 4.78 is 5.21. The van der Waals surface area contributed by atoms with Crippen molar-refractivity contribution < 1.29 is 14.3 Å². The highest BCUT2D eigenvalue weighted by Crippen LogP contribution is 2.41. The van der Waals surface area contributed by atoms with Crippen LogP contribution in [0.3, 0.4) is 0 Å². The Kier molecular flexibility index (Phi) is 3.97. The lowest BCUT2D eigenvalue weighted by atomic mass is 9.64. The number of ketones is 1. The van der Waals surface area contributed by atoms with Crippen LogP contribution in [0, 0.1) is 18.3 Å². The number of anilines is 1. The molecule has 116 valence electrons. The highest BCUT2D eigenvalue weighted by molar-refractivity contribution is 5.90. The van der Waals surface area contributed by atoms with Crippen LogP contribution in [0.2, 0.25) is 0 Å². The number of rotatable bonds is 2. The Balaban J connectivity index is 2.16. The minimum atomic E-state index is -0.702. The molecule has 22 heavy (non-hydrogen) atoms. The highest BCUT2D eigenvalue weighted by atomic mass is 16.6. The summed E-state index contributed by atoms with van der Waals surface area (Å²) in [5, 5.41) is 12.0. The smallest absolute Gasteiger partial charge is 0.412 e. The molecule has 1 amide bonds. The average Bonchev–Trinajstić information content (AvgIpc) is 2.35. The molecule has 0 aliphatic heterocycles. The second-order valence-corrected chi connectivity index (χ2v) is 6.74. The summed E-state index contributed by atoms with van der Waals surface area (Å²) in [6.07, 6.45) is 0.0148. The minimum absolute atomic E-state index is 0.107. The number of nitriles is 1. The van der Waals surface area contributed by atoms with Crippen LogP contribution in [0.15, 0.2) is 18.2 Å². The number of ether oxygens (including phenoxy) is 1. The quantitative estimate of drug-likeness (QED) is 0.907. The predicted octanol–water partition coefficient (Wildman–Crippen LogP) is 3.47. The number of Topliss-reactive ketones (excluding diaryl/α,β-unsaturated/α-hetero) is 1. The summed E-state index contributed by atoms with van der Waals surface area (Å²) in [7, 11) is 0. The lowest BCUT2D eigenvalue weighted by molar-refractivity contribution is -0.126. The number of carbonyl (C=O) groups is 2. The van der Waals surface area contributed by atoms with E-state index in [9.17, 15) is 14.9 Å². The molecular weight excluding hydrogens is 280 g/mol. The summed E-state index contributed by atoms with van der Waals surface area (Å²) in [6.45, 7) is 7.24. The number of benzene rings is 1. The molecule has 0 bridgehead atoms. The van der Waals surface area contributed by atoms with E-state index in [0.29, 0.717) is 5.69 Å². The molecule has 2 rings (SSSR count). The average molecular weight is 300 g/mol. The maximum Gasteiger partial charge on any atom is 0.412 e. The van der Waals surface area contributed by atoms with Crippen LogP contribution in [-0.4, -0.2) is 17.5 Å². The van der Waals surface area contributed by atoms with Gasteiger partial charge < -0.3 is 4.74 Å². The van der Waals surface area contributed by atoms with Crippen LogP contribution in [0.4, 0.5) is 10.5 Å². The summed E-state index contributed by atoms with van der Waals surface area (Å²) in [4.78, 5) is 23.1. The SMILES string of the molecule is Cc1cc(C2(C#N)CC(=O)C2)ccc1NC(=O)OC(C)(C)C. The zero-order chi connectivity index (χ0) is 16.5. The van der Waals surface area contributed by atoms with Crippen LogP contribution in [0.1, 0.15) is 44.7 Å². The first-order chi connectivity index (χ1) is 10.1. The predicted molar refractivity (Wildman–Crippen MR) is 82.6 cm³/mol. The first-order valence-corrected chi connectivity index (χ1v) is 7.19. The molecule has 1 saturated carbocycles. The lowest BCUT2D eigenvalue weighted by Crippen LogP contribution is -2.40. The van der Waals surface area contributed by atoms with Gasteiger partial charge >= 0.3 is 6.09 Å². The molecule has 0 saturated heterocycles. The first-order valence-electron chi connectivity index (χ1n) is 7.19. The van der Waals surface area contributed by atoms with Crippen LogP contribution in [0.25, 0.3) is 0 Å². The Morgan fingerprint density at radius 2 is 2.00 bits per heavy atom. The normalized spacial score (nSPS) is 16.4. The highest BCUT2D eigenvalue weighted by Gasteiger charge is 2.45. The molecular formula is C17H20N2O3. The largest absolute Gasteiger partial charge is 0.444 e. The van der Waals surface area contributed by atoms with Crippen molar-refractivity contribution in [3.05, 3.63) is 29.3 Å². The van der Waals surface area contributed by atoms with Gasteiger partial charge in [-0.2, -0.15) is 5.26 Å². The van der Waals surface area contributed by atoms with E-state index in [1.54, 1.807) is 32.9 Å². The van der Waals surface area contributed by atoms with Crippen molar-refractivity contribution in [2.45, 2.75) is 51.6 Å². The molecule has 5 heteroatoms. The Morgan fingerprint density at radius 3 is 2.45 bits per heavy atom. The molecule has 0 spiro atoms. The van der Waals surface area contributed by atoms with Crippen molar-refractivity contribution in [1.82, 2.24) is 0 Å². The topological polar surface area (TPSA) is 79.2 Å². The first kappa shape index (κ1) is 16.0. The Hall–Kier alpha value is -2.35. The Labute approximate surface area is 130 Å². The summed E-state index contributed by atoms with van der Waals surface area (Å²) in [5.74, 6) is 0.107. The zero-order valence-electron chi connectivity index (χ0n) is 13.3. The fraction of sp³-hybridized carbons (Fsp3) is 0.471. The number of carbonyl (C=O) groups excluding carboxylic acids is 2. The molecule has 1 aliphatic carbocycles. The summed E-state index contributed by atoms with van der Waals surface area (Å²) in [6, 6.07) is 7.63. The van der Waals surface area contributed by atoms with Gasteiger partial charge in [-0.05, 0) is 44.9 Å². The van der Waals surface area contributed by atoms with Crippen molar-refractivity contribution in [2.75, 3.05) is 5.32 Å². The van der Waals surface area contributed by atoms with Gasteiger partial charge in [0.05, 0.1) is 11.5 Å². The van der Waals surface area contributed by atoms with Gasteiger partial charge in [-0.15, -0.1) is 0 Å². The molecule has 1 N–H and O–H groups in total. The standard InChI is InChI=1S/C17H20N2O3/c1-11-7-12(17(10-18)8-13(20)9-17)5-6-14(11)19-15(21)22-16(2,3)4/h5-7H,8-9H2,1-4H3,(H,19,21). The van der Waals surface area contributed by atoms with E-state index in [4.69, 9.17) is 4.74 Å². The van der Waals surface area contributed by atoms with E-state index in [-0.39, 0.29) is 18.6 Å². The van der Waals surface area contributed by atoms with Crippen LogP contribution in [0.5, 0.6) is 0 Å². The van der Waals surface area contributed by atoms with E-state index >= 15 is 0 Å². The van der Waals surface area contributed by atoms with Gasteiger partial charge in [0, 0.05) is 18.5 Å². The maximum atomic E-state index is 11.8. The van der Waals surface area contributed by atoms with Crippen molar-refractivity contribution in [2.24, 2.45) is 0 Å². The summed E-state index contributed by atoms with van der Waals surface area (Å²) in [5.41, 5.74) is 1.03. The molecule has 0 aromatic heterocycles. The van der Waals surface area contributed by atoms with Crippen molar-refractivity contribution in [3.63, 3.8) is 0 Å². The molecule has 0 heterocycles. The number of hydrogen-bond donors (Lipinski definition) is 1. The number of hydrogen-bond acceptors (Lipinski definition) is 4. The van der Waals surface area contributed by atoms with E-state index in [2.05, 4.69) is 11.4 Å². The third kappa shape index (κ3) is 3.28. The molecule has 1 aliphatic rings. The van der Waals surface area contributed by atoms with Gasteiger partial charge in [-0.3, -0.25) is 10.1 Å². The van der Waals surface area contributed by atoms with E-state index in [1.165, 1.54) is 0 Å². The number of aryl methyl sites for hydroxylation is 1. The third-order valence-electron chi connectivity index (χ3n) is 3.63. The molecule has 0 atom stereocenters. The van der Waals surface area contributed by atoms with Crippen LogP contribution in [-0.2, 0) is 14.9 Å². The fourth-order valence-electron chi connectivity index (χ4n) is 2.48. The minimum Gasteiger partial charge on any atom is -0.444 e. The monoisotopic (exact) mass is 300 g/mol. The maximum absolute atomic E-state index is 11.8. The van der Waals surface area contributed by atoms with Crippen molar-refractivity contribution in [3.8, 4) is 6.07 Å². The molecule has 1 fully saturated rings. The Bertz CT molecular complexity index is 657. The van der Waals surface area contributed by atoms with Crippen molar-refractivity contribution >= 4 is 17.6 Å². The second kappa shape index (κ2) is 5.45. The Morgan fingerprint density at radius 1 is 1.36 bits per heavy atom. The molecule has 0 unspecified atom stereocenters. The zero-order valence-corrected chi connectivity index (χ0v) is 13.3. The molecule has 1 aromatic carbocycles. The van der Waals surface area contributed by atoms with E-state index in [1.807, 2.05) is 13.0 Å².